The van der Waals surface area contributed by atoms with Gasteiger partial charge in [-0.1, -0.05) is 29.8 Å². The van der Waals surface area contributed by atoms with Gasteiger partial charge >= 0.3 is 0 Å². The van der Waals surface area contributed by atoms with E-state index in [9.17, 15) is 14.9 Å². The summed E-state index contributed by atoms with van der Waals surface area (Å²) in [5.74, 6) is -0.202. The van der Waals surface area contributed by atoms with E-state index in [1.54, 1.807) is 13.0 Å². The van der Waals surface area contributed by atoms with Crippen LogP contribution in [0.15, 0.2) is 42.5 Å². The molecule has 0 unspecified atom stereocenters. The number of nitrogens with one attached hydrogen (secondary N) is 1. The van der Waals surface area contributed by atoms with E-state index >= 15 is 0 Å². The molecule has 0 spiro atoms. The highest BCUT2D eigenvalue weighted by Crippen LogP contribution is 2.18. The van der Waals surface area contributed by atoms with Crippen molar-refractivity contribution in [1.29, 1.82) is 0 Å². The molecular weight excluding hydrogens is 292 g/mol. The molecule has 2 aromatic rings. The summed E-state index contributed by atoms with van der Waals surface area (Å²) in [6.45, 7) is 4.26. The second kappa shape index (κ2) is 7.54. The number of amides is 1. The Bertz CT molecular complexity index is 726. The number of aryl methyl sites for hydroxylation is 3. The minimum Gasteiger partial charge on any atom is -0.352 e. The van der Waals surface area contributed by atoms with Gasteiger partial charge in [-0.25, -0.2) is 0 Å². The van der Waals surface area contributed by atoms with Gasteiger partial charge in [0.05, 0.1) is 4.92 Å². The first-order valence-electron chi connectivity index (χ1n) is 7.56. The minimum absolute atomic E-state index is 0.0287. The molecule has 1 N–H and O–H groups in total. The standard InChI is InChI=1S/C18H20N2O3/c1-13-5-3-6-15(11-13)7-4-10-19-18(21)16-8-9-17(20(22)23)14(2)12-16/h3,5-6,8-9,11-12H,4,7,10H2,1-2H3,(H,19,21). The van der Waals surface area contributed by atoms with E-state index in [1.165, 1.54) is 23.3 Å². The zero-order valence-electron chi connectivity index (χ0n) is 13.3. The molecule has 0 atom stereocenters. The van der Waals surface area contributed by atoms with Crippen molar-refractivity contribution in [2.45, 2.75) is 26.7 Å². The van der Waals surface area contributed by atoms with Crippen LogP contribution in [0.1, 0.15) is 33.5 Å². The molecule has 23 heavy (non-hydrogen) atoms. The van der Waals surface area contributed by atoms with Crippen LogP contribution in [0.25, 0.3) is 0 Å². The second-order valence-electron chi connectivity index (χ2n) is 5.61. The number of carbonyl (C=O) groups excluding carboxylic acids is 1. The lowest BCUT2D eigenvalue weighted by Crippen LogP contribution is -2.24. The molecule has 0 aromatic heterocycles. The Hall–Kier alpha value is -2.69. The van der Waals surface area contributed by atoms with Crippen molar-refractivity contribution in [2.24, 2.45) is 0 Å². The highest BCUT2D eigenvalue weighted by Gasteiger charge is 2.13. The SMILES string of the molecule is Cc1cccc(CCCNC(=O)c2ccc([N+](=O)[O-])c(C)c2)c1. The smallest absolute Gasteiger partial charge is 0.272 e. The molecule has 0 heterocycles. The monoisotopic (exact) mass is 312 g/mol. The van der Waals surface area contributed by atoms with Gasteiger partial charge in [-0.3, -0.25) is 14.9 Å². The second-order valence-corrected chi connectivity index (χ2v) is 5.61. The van der Waals surface area contributed by atoms with Crippen molar-refractivity contribution in [3.05, 3.63) is 74.8 Å². The molecule has 1 amide bonds. The predicted molar refractivity (Wildman–Crippen MR) is 89.7 cm³/mol. The van der Waals surface area contributed by atoms with Gasteiger partial charge in [0.2, 0.25) is 0 Å². The minimum atomic E-state index is -0.446. The Morgan fingerprint density at radius 3 is 2.61 bits per heavy atom. The van der Waals surface area contributed by atoms with Crippen molar-refractivity contribution >= 4 is 11.6 Å². The number of rotatable bonds is 6. The van der Waals surface area contributed by atoms with E-state index < -0.39 is 4.92 Å². The molecule has 0 aliphatic carbocycles. The fraction of sp³-hybridized carbons (Fsp3) is 0.278. The van der Waals surface area contributed by atoms with Crippen LogP contribution in [0.4, 0.5) is 5.69 Å². The van der Waals surface area contributed by atoms with Crippen LogP contribution in [-0.4, -0.2) is 17.4 Å². The number of nitrogens with zero attached hydrogens (tertiary/aromatic N) is 1. The fourth-order valence-electron chi connectivity index (χ4n) is 2.47. The summed E-state index contributed by atoms with van der Waals surface area (Å²) in [5.41, 5.74) is 3.45. The van der Waals surface area contributed by atoms with Gasteiger partial charge in [-0.05, 0) is 44.4 Å². The Balaban J connectivity index is 1.85. The third-order valence-corrected chi connectivity index (χ3v) is 3.67. The van der Waals surface area contributed by atoms with Gasteiger partial charge in [0.25, 0.3) is 11.6 Å². The summed E-state index contributed by atoms with van der Waals surface area (Å²) in [5, 5.41) is 13.6. The van der Waals surface area contributed by atoms with Gasteiger partial charge in [0, 0.05) is 23.7 Å². The molecule has 0 bridgehead atoms. The highest BCUT2D eigenvalue weighted by molar-refractivity contribution is 5.94. The van der Waals surface area contributed by atoms with Gasteiger partial charge in [0.15, 0.2) is 0 Å². The maximum atomic E-state index is 12.1. The van der Waals surface area contributed by atoms with Gasteiger partial charge in [-0.15, -0.1) is 0 Å². The van der Waals surface area contributed by atoms with Crippen LogP contribution in [0, 0.1) is 24.0 Å². The first-order chi connectivity index (χ1) is 11.0. The predicted octanol–water partition coefficient (Wildman–Crippen LogP) is 3.57. The first kappa shape index (κ1) is 16.7. The molecule has 5 nitrogen and oxygen atoms in total. The van der Waals surface area contributed by atoms with Crippen LogP contribution >= 0.6 is 0 Å². The summed E-state index contributed by atoms with van der Waals surface area (Å²) < 4.78 is 0. The molecule has 0 aliphatic heterocycles. The molecular formula is C18H20N2O3. The maximum Gasteiger partial charge on any atom is 0.272 e. The van der Waals surface area contributed by atoms with E-state index in [1.807, 2.05) is 6.07 Å². The Kier molecular flexibility index (Phi) is 5.46. The number of carbonyl (C=O) groups is 1. The Labute approximate surface area is 135 Å². The van der Waals surface area contributed by atoms with Crippen LogP contribution < -0.4 is 5.32 Å². The molecule has 2 rings (SSSR count). The molecule has 0 aliphatic rings. The molecule has 0 saturated heterocycles. The number of nitro benzene ring substituents is 1. The lowest BCUT2D eigenvalue weighted by molar-refractivity contribution is -0.385. The average molecular weight is 312 g/mol. The quantitative estimate of drug-likeness (QED) is 0.503. The zero-order valence-corrected chi connectivity index (χ0v) is 13.3. The third kappa shape index (κ3) is 4.64. The highest BCUT2D eigenvalue weighted by atomic mass is 16.6. The lowest BCUT2D eigenvalue weighted by atomic mass is 10.1. The van der Waals surface area contributed by atoms with Crippen LogP contribution in [-0.2, 0) is 6.42 Å². The van der Waals surface area contributed by atoms with Crippen molar-refractivity contribution in [3.8, 4) is 0 Å². The molecule has 5 heteroatoms. The van der Waals surface area contributed by atoms with Crippen molar-refractivity contribution < 1.29 is 9.72 Å². The summed E-state index contributed by atoms with van der Waals surface area (Å²) in [4.78, 5) is 22.4. The number of hydrogen-bond donors (Lipinski definition) is 1. The molecule has 0 fully saturated rings. The molecule has 0 radical (unpaired) electrons. The van der Waals surface area contributed by atoms with Gasteiger partial charge in [0.1, 0.15) is 0 Å². The van der Waals surface area contributed by atoms with E-state index in [4.69, 9.17) is 0 Å². The van der Waals surface area contributed by atoms with Crippen LogP contribution in [0.3, 0.4) is 0 Å². The van der Waals surface area contributed by atoms with Crippen LogP contribution in [0.5, 0.6) is 0 Å². The summed E-state index contributed by atoms with van der Waals surface area (Å²) in [7, 11) is 0. The van der Waals surface area contributed by atoms with E-state index in [2.05, 4.69) is 30.4 Å². The van der Waals surface area contributed by atoms with Crippen molar-refractivity contribution in [3.63, 3.8) is 0 Å². The Morgan fingerprint density at radius 1 is 1.17 bits per heavy atom. The van der Waals surface area contributed by atoms with Gasteiger partial charge < -0.3 is 5.32 Å². The molecule has 120 valence electrons. The lowest BCUT2D eigenvalue weighted by Gasteiger charge is -2.07. The largest absolute Gasteiger partial charge is 0.352 e. The van der Waals surface area contributed by atoms with Crippen molar-refractivity contribution in [2.75, 3.05) is 6.54 Å². The molecule has 0 saturated carbocycles. The van der Waals surface area contributed by atoms with E-state index in [-0.39, 0.29) is 11.6 Å². The average Bonchev–Trinajstić information content (AvgIpc) is 2.51. The summed E-state index contributed by atoms with van der Waals surface area (Å²) in [6.07, 6.45) is 1.75. The van der Waals surface area contributed by atoms with E-state index in [0.29, 0.717) is 17.7 Å². The number of benzene rings is 2. The van der Waals surface area contributed by atoms with Crippen LogP contribution in [0.2, 0.25) is 0 Å². The van der Waals surface area contributed by atoms with Gasteiger partial charge in [-0.2, -0.15) is 0 Å². The number of nitro groups is 1. The first-order valence-corrected chi connectivity index (χ1v) is 7.56. The summed E-state index contributed by atoms with van der Waals surface area (Å²) in [6, 6.07) is 12.7. The maximum absolute atomic E-state index is 12.1. The van der Waals surface area contributed by atoms with E-state index in [0.717, 1.165) is 12.8 Å². The summed E-state index contributed by atoms with van der Waals surface area (Å²) >= 11 is 0. The zero-order chi connectivity index (χ0) is 16.8. The topological polar surface area (TPSA) is 72.2 Å². The Morgan fingerprint density at radius 2 is 1.96 bits per heavy atom. The number of hydrogen-bond acceptors (Lipinski definition) is 3. The normalized spacial score (nSPS) is 10.3. The fourth-order valence-corrected chi connectivity index (χ4v) is 2.47. The molecule has 2 aromatic carbocycles. The van der Waals surface area contributed by atoms with Crippen molar-refractivity contribution in [1.82, 2.24) is 5.32 Å². The third-order valence-electron chi connectivity index (χ3n) is 3.67.